The van der Waals surface area contributed by atoms with Crippen LogP contribution in [0.1, 0.15) is 12.8 Å². The Hall–Kier alpha value is -1.94. The average Bonchev–Trinajstić information content (AvgIpc) is 2.48. The molecule has 1 aliphatic rings. The lowest BCUT2D eigenvalue weighted by atomic mass is 9.98. The van der Waals surface area contributed by atoms with Crippen molar-refractivity contribution >= 4 is 15.9 Å². The number of nitrogens with zero attached hydrogens (tertiary/aromatic N) is 2. The molecule has 1 fully saturated rings. The minimum absolute atomic E-state index is 0.0361. The summed E-state index contributed by atoms with van der Waals surface area (Å²) in [6.07, 6.45) is 2.69. The summed E-state index contributed by atoms with van der Waals surface area (Å²) in [6.45, 7) is 1.03. The zero-order valence-electron chi connectivity index (χ0n) is 12.8. The number of hydrogen-bond donors (Lipinski definition) is 2. The van der Waals surface area contributed by atoms with Crippen LogP contribution in [-0.4, -0.2) is 54.9 Å². The van der Waals surface area contributed by atoms with Crippen LogP contribution in [0.15, 0.2) is 21.7 Å². The van der Waals surface area contributed by atoms with E-state index >= 15 is 0 Å². The van der Waals surface area contributed by atoms with Crippen molar-refractivity contribution in [2.75, 3.05) is 25.9 Å². The summed E-state index contributed by atoms with van der Waals surface area (Å²) in [5.74, 6) is -0.244. The number of sulfonamides is 1. The SMILES string of the molecule is CS(=O)(=O)NC[C@H]1CCCN(C(=O)Cn2[nH]c(=O)ccc2=O)C1. The molecule has 0 aromatic carbocycles. The highest BCUT2D eigenvalue weighted by molar-refractivity contribution is 7.88. The van der Waals surface area contributed by atoms with E-state index in [1.165, 1.54) is 0 Å². The molecule has 0 radical (unpaired) electrons. The van der Waals surface area contributed by atoms with Gasteiger partial charge in [-0.3, -0.25) is 19.5 Å². The summed E-state index contributed by atoms with van der Waals surface area (Å²) in [6, 6.07) is 2.22. The highest BCUT2D eigenvalue weighted by Gasteiger charge is 2.24. The molecule has 0 bridgehead atoms. The van der Waals surface area contributed by atoms with Gasteiger partial charge in [0.1, 0.15) is 6.54 Å². The van der Waals surface area contributed by atoms with Gasteiger partial charge in [0.15, 0.2) is 0 Å². The predicted molar refractivity (Wildman–Crippen MR) is 83.5 cm³/mol. The molecule has 2 rings (SSSR count). The Morgan fingerprint density at radius 2 is 2.13 bits per heavy atom. The first-order valence-corrected chi connectivity index (χ1v) is 9.16. The van der Waals surface area contributed by atoms with Gasteiger partial charge in [-0.2, -0.15) is 0 Å². The lowest BCUT2D eigenvalue weighted by Gasteiger charge is -2.32. The van der Waals surface area contributed by atoms with E-state index in [-0.39, 0.29) is 24.9 Å². The van der Waals surface area contributed by atoms with Gasteiger partial charge in [-0.25, -0.2) is 17.8 Å². The molecule has 23 heavy (non-hydrogen) atoms. The minimum atomic E-state index is -3.26. The van der Waals surface area contributed by atoms with Crippen molar-refractivity contribution in [3.8, 4) is 0 Å². The van der Waals surface area contributed by atoms with Crippen molar-refractivity contribution in [1.29, 1.82) is 0 Å². The Labute approximate surface area is 133 Å². The maximum absolute atomic E-state index is 12.3. The second-order valence-electron chi connectivity index (χ2n) is 5.70. The second-order valence-corrected chi connectivity index (χ2v) is 7.54. The van der Waals surface area contributed by atoms with Crippen LogP contribution < -0.4 is 15.8 Å². The first-order chi connectivity index (χ1) is 10.7. The maximum atomic E-state index is 12.3. The van der Waals surface area contributed by atoms with Crippen LogP contribution >= 0.6 is 0 Å². The number of carbonyl (C=O) groups excluding carboxylic acids is 1. The van der Waals surface area contributed by atoms with Gasteiger partial charge in [0.05, 0.1) is 6.26 Å². The molecule has 1 amide bonds. The van der Waals surface area contributed by atoms with Crippen molar-refractivity contribution in [1.82, 2.24) is 19.4 Å². The molecule has 1 aromatic rings. The van der Waals surface area contributed by atoms with Crippen LogP contribution in [0.5, 0.6) is 0 Å². The van der Waals surface area contributed by atoms with E-state index in [0.29, 0.717) is 13.1 Å². The highest BCUT2D eigenvalue weighted by atomic mass is 32.2. The first kappa shape index (κ1) is 17.4. The molecule has 0 unspecified atom stereocenters. The molecule has 0 saturated carbocycles. The first-order valence-electron chi connectivity index (χ1n) is 7.27. The number of piperidine rings is 1. The van der Waals surface area contributed by atoms with Gasteiger partial charge in [-0.05, 0) is 18.8 Å². The predicted octanol–water partition coefficient (Wildman–Crippen LogP) is -1.68. The van der Waals surface area contributed by atoms with Gasteiger partial charge < -0.3 is 4.90 Å². The number of rotatable bonds is 5. The Morgan fingerprint density at radius 3 is 2.83 bits per heavy atom. The zero-order chi connectivity index (χ0) is 17.0. The minimum Gasteiger partial charge on any atom is -0.341 e. The number of aromatic amines is 1. The quantitative estimate of drug-likeness (QED) is 0.661. The van der Waals surface area contributed by atoms with E-state index < -0.39 is 21.1 Å². The van der Waals surface area contributed by atoms with Crippen LogP contribution in [0.4, 0.5) is 0 Å². The van der Waals surface area contributed by atoms with Gasteiger partial charge >= 0.3 is 0 Å². The molecule has 2 heterocycles. The summed E-state index contributed by atoms with van der Waals surface area (Å²) in [5.41, 5.74) is -0.906. The Morgan fingerprint density at radius 1 is 1.39 bits per heavy atom. The van der Waals surface area contributed by atoms with Crippen LogP contribution in [0.2, 0.25) is 0 Å². The van der Waals surface area contributed by atoms with Crippen LogP contribution in [0.25, 0.3) is 0 Å². The Kier molecular flexibility index (Phi) is 5.37. The van der Waals surface area contributed by atoms with Crippen molar-refractivity contribution in [2.24, 2.45) is 5.92 Å². The molecule has 10 heteroatoms. The molecular formula is C13H20N4O5S. The standard InChI is InChI=1S/C13H20N4O5S/c1-23(21,22)14-7-10-3-2-6-16(8-10)13(20)9-17-12(19)5-4-11(18)15-17/h4-5,10,14H,2-3,6-9H2,1H3,(H,15,18)/t10-/m1/s1. The maximum Gasteiger partial charge on any atom is 0.265 e. The molecule has 9 nitrogen and oxygen atoms in total. The fraction of sp³-hybridized carbons (Fsp3) is 0.615. The van der Waals surface area contributed by atoms with Crippen LogP contribution in [-0.2, 0) is 21.4 Å². The number of amides is 1. The molecular weight excluding hydrogens is 324 g/mol. The Bertz CT molecular complexity index is 782. The average molecular weight is 344 g/mol. The highest BCUT2D eigenvalue weighted by Crippen LogP contribution is 2.16. The summed E-state index contributed by atoms with van der Waals surface area (Å²) in [5, 5.41) is 2.31. The lowest BCUT2D eigenvalue weighted by Crippen LogP contribution is -2.46. The van der Waals surface area contributed by atoms with E-state index in [4.69, 9.17) is 0 Å². The van der Waals surface area contributed by atoms with Crippen molar-refractivity contribution in [3.63, 3.8) is 0 Å². The normalized spacial score (nSPS) is 18.8. The Balaban J connectivity index is 1.98. The van der Waals surface area contributed by atoms with Crippen LogP contribution in [0.3, 0.4) is 0 Å². The summed E-state index contributed by atoms with van der Waals surface area (Å²) in [7, 11) is -3.26. The van der Waals surface area contributed by atoms with E-state index in [2.05, 4.69) is 9.82 Å². The summed E-state index contributed by atoms with van der Waals surface area (Å²) >= 11 is 0. The summed E-state index contributed by atoms with van der Waals surface area (Å²) < 4.78 is 25.7. The number of hydrogen-bond acceptors (Lipinski definition) is 5. The number of carbonyl (C=O) groups is 1. The van der Waals surface area contributed by atoms with Gasteiger partial charge in [0, 0.05) is 31.8 Å². The fourth-order valence-electron chi connectivity index (χ4n) is 2.54. The zero-order valence-corrected chi connectivity index (χ0v) is 13.6. The number of nitrogens with one attached hydrogen (secondary N) is 2. The van der Waals surface area contributed by atoms with E-state index in [0.717, 1.165) is 35.9 Å². The van der Waals surface area contributed by atoms with Crippen molar-refractivity contribution in [3.05, 3.63) is 32.8 Å². The topological polar surface area (TPSA) is 121 Å². The van der Waals surface area contributed by atoms with E-state index in [9.17, 15) is 22.8 Å². The van der Waals surface area contributed by atoms with Crippen LogP contribution in [0, 0.1) is 5.92 Å². The third-order valence-corrected chi connectivity index (χ3v) is 4.38. The van der Waals surface area contributed by atoms with Crippen molar-refractivity contribution < 1.29 is 13.2 Å². The third-order valence-electron chi connectivity index (χ3n) is 3.69. The van der Waals surface area contributed by atoms with Crippen molar-refractivity contribution in [2.45, 2.75) is 19.4 Å². The number of H-pyrrole nitrogens is 1. The molecule has 2 N–H and O–H groups in total. The molecule has 128 valence electrons. The molecule has 1 aliphatic heterocycles. The molecule has 1 atom stereocenters. The van der Waals surface area contributed by atoms with Gasteiger partial charge in [0.2, 0.25) is 15.9 Å². The molecule has 1 aromatic heterocycles. The molecule has 1 saturated heterocycles. The second kappa shape index (κ2) is 7.09. The smallest absolute Gasteiger partial charge is 0.265 e. The number of likely N-dealkylation sites (tertiary alicyclic amines) is 1. The number of aromatic nitrogens is 2. The fourth-order valence-corrected chi connectivity index (χ4v) is 3.08. The largest absolute Gasteiger partial charge is 0.341 e. The van der Waals surface area contributed by atoms with Gasteiger partial charge in [-0.1, -0.05) is 0 Å². The van der Waals surface area contributed by atoms with Gasteiger partial charge in [0.25, 0.3) is 11.1 Å². The monoisotopic (exact) mass is 344 g/mol. The van der Waals surface area contributed by atoms with E-state index in [1.54, 1.807) is 4.90 Å². The summed E-state index contributed by atoms with van der Waals surface area (Å²) in [4.78, 5) is 36.7. The lowest BCUT2D eigenvalue weighted by molar-refractivity contribution is -0.133. The van der Waals surface area contributed by atoms with E-state index in [1.807, 2.05) is 0 Å². The third kappa shape index (κ3) is 5.32. The molecule has 0 spiro atoms. The van der Waals surface area contributed by atoms with Gasteiger partial charge in [-0.15, -0.1) is 0 Å². The molecule has 0 aliphatic carbocycles.